The Bertz CT molecular complexity index is 1530. The summed E-state index contributed by atoms with van der Waals surface area (Å²) in [6.07, 6.45) is 2.04. The SMILES string of the molecule is CCCC(=O)N(CCCOc1ccc(CC(Nc2ccccc2C(=O)c2ccccc2)C(=O)O)cc1)c1cccc(Cl)c1. The molecular formula is C35H35ClN2O5. The number of carbonyl (C=O) groups excluding carboxylic acids is 2. The summed E-state index contributed by atoms with van der Waals surface area (Å²) in [4.78, 5) is 39.7. The number of halogens is 1. The highest BCUT2D eigenvalue weighted by Crippen LogP contribution is 2.23. The highest BCUT2D eigenvalue weighted by atomic mass is 35.5. The van der Waals surface area contributed by atoms with E-state index in [-0.39, 0.29) is 18.1 Å². The van der Waals surface area contributed by atoms with Gasteiger partial charge in [0.1, 0.15) is 11.8 Å². The first-order chi connectivity index (χ1) is 20.9. The lowest BCUT2D eigenvalue weighted by Gasteiger charge is -2.23. The predicted molar refractivity (Wildman–Crippen MR) is 170 cm³/mol. The third-order valence-corrected chi connectivity index (χ3v) is 7.11. The number of benzene rings is 4. The van der Waals surface area contributed by atoms with Gasteiger partial charge < -0.3 is 20.1 Å². The Hall–Kier alpha value is -4.62. The Morgan fingerprint density at radius 3 is 2.33 bits per heavy atom. The fourth-order valence-electron chi connectivity index (χ4n) is 4.70. The Morgan fingerprint density at radius 2 is 1.63 bits per heavy atom. The van der Waals surface area contributed by atoms with Gasteiger partial charge in [0, 0.05) is 46.9 Å². The molecule has 0 aromatic heterocycles. The molecule has 1 unspecified atom stereocenters. The highest BCUT2D eigenvalue weighted by molar-refractivity contribution is 6.30. The molecule has 222 valence electrons. The molecule has 0 radical (unpaired) electrons. The molecule has 0 bridgehead atoms. The number of amides is 1. The van der Waals surface area contributed by atoms with E-state index in [1.807, 2.05) is 37.3 Å². The summed E-state index contributed by atoms with van der Waals surface area (Å²) in [5.74, 6) is -0.511. The first-order valence-corrected chi connectivity index (χ1v) is 14.7. The number of carboxylic acids is 1. The molecule has 0 saturated carbocycles. The van der Waals surface area contributed by atoms with Crippen molar-refractivity contribution in [1.82, 2.24) is 0 Å². The van der Waals surface area contributed by atoms with Crippen molar-refractivity contribution in [3.63, 3.8) is 0 Å². The van der Waals surface area contributed by atoms with Crippen LogP contribution < -0.4 is 15.0 Å². The molecule has 0 heterocycles. The van der Waals surface area contributed by atoms with Crippen molar-refractivity contribution in [2.45, 2.75) is 38.6 Å². The number of hydrogen-bond acceptors (Lipinski definition) is 5. The standard InChI is InChI=1S/C35H35ClN2O5/c1-2-10-33(39)38(28-14-8-13-27(36)24-28)21-9-22-43-29-19-17-25(18-20-29)23-32(35(41)42)37-31-16-7-6-15-30(31)34(40)26-11-4-3-5-12-26/h3-8,11-20,24,32,37H,2,9-10,21-23H2,1H3,(H,41,42). The molecule has 4 aromatic rings. The topological polar surface area (TPSA) is 95.9 Å². The average molecular weight is 599 g/mol. The van der Waals surface area contributed by atoms with Gasteiger partial charge in [-0.3, -0.25) is 9.59 Å². The normalized spacial score (nSPS) is 11.4. The van der Waals surface area contributed by atoms with Crippen LogP contribution in [0.1, 0.15) is 47.7 Å². The fourth-order valence-corrected chi connectivity index (χ4v) is 4.89. The summed E-state index contributed by atoms with van der Waals surface area (Å²) in [5, 5.41) is 13.6. The molecule has 0 spiro atoms. The van der Waals surface area contributed by atoms with Gasteiger partial charge in [-0.1, -0.05) is 79.2 Å². The lowest BCUT2D eigenvalue weighted by molar-refractivity contribution is -0.137. The number of carbonyl (C=O) groups is 3. The molecule has 2 N–H and O–H groups in total. The molecule has 0 aliphatic rings. The lowest BCUT2D eigenvalue weighted by atomic mass is 10.00. The van der Waals surface area contributed by atoms with Crippen LogP contribution in [0.4, 0.5) is 11.4 Å². The maximum Gasteiger partial charge on any atom is 0.326 e. The average Bonchev–Trinajstić information content (AvgIpc) is 3.02. The van der Waals surface area contributed by atoms with E-state index in [0.29, 0.717) is 53.6 Å². The number of anilines is 2. The van der Waals surface area contributed by atoms with Crippen LogP contribution in [0.2, 0.25) is 5.02 Å². The van der Waals surface area contributed by atoms with E-state index in [2.05, 4.69) is 5.32 Å². The first kappa shape index (κ1) is 31.3. The van der Waals surface area contributed by atoms with E-state index < -0.39 is 12.0 Å². The Labute approximate surface area is 257 Å². The zero-order valence-corrected chi connectivity index (χ0v) is 24.8. The molecule has 8 heteroatoms. The van der Waals surface area contributed by atoms with Gasteiger partial charge in [-0.2, -0.15) is 0 Å². The smallest absolute Gasteiger partial charge is 0.326 e. The highest BCUT2D eigenvalue weighted by Gasteiger charge is 2.21. The van der Waals surface area contributed by atoms with Gasteiger partial charge in [-0.25, -0.2) is 4.79 Å². The zero-order valence-electron chi connectivity index (χ0n) is 24.0. The third-order valence-electron chi connectivity index (χ3n) is 6.88. The largest absolute Gasteiger partial charge is 0.494 e. The van der Waals surface area contributed by atoms with Crippen molar-refractivity contribution in [1.29, 1.82) is 0 Å². The van der Waals surface area contributed by atoms with Crippen LogP contribution in [0.3, 0.4) is 0 Å². The number of rotatable bonds is 15. The molecular weight excluding hydrogens is 564 g/mol. The second kappa shape index (κ2) is 15.6. The molecule has 4 aromatic carbocycles. The molecule has 1 atom stereocenters. The van der Waals surface area contributed by atoms with Crippen LogP contribution in [0.15, 0.2) is 103 Å². The monoisotopic (exact) mass is 598 g/mol. The van der Waals surface area contributed by atoms with E-state index in [1.165, 1.54) is 0 Å². The maximum atomic E-state index is 13.1. The van der Waals surface area contributed by atoms with Gasteiger partial charge in [-0.05, 0) is 60.9 Å². The summed E-state index contributed by atoms with van der Waals surface area (Å²) in [6.45, 7) is 2.88. The minimum absolute atomic E-state index is 0.0442. The molecule has 0 aliphatic heterocycles. The Morgan fingerprint density at radius 1 is 0.907 bits per heavy atom. The van der Waals surface area contributed by atoms with Gasteiger partial charge >= 0.3 is 5.97 Å². The van der Waals surface area contributed by atoms with Gasteiger partial charge in [-0.15, -0.1) is 0 Å². The number of hydrogen-bond donors (Lipinski definition) is 2. The van der Waals surface area contributed by atoms with Gasteiger partial charge in [0.05, 0.1) is 6.61 Å². The number of para-hydroxylation sites is 1. The van der Waals surface area contributed by atoms with Gasteiger partial charge in [0.2, 0.25) is 5.91 Å². The van der Waals surface area contributed by atoms with E-state index in [0.717, 1.165) is 17.7 Å². The van der Waals surface area contributed by atoms with Crippen molar-refractivity contribution >= 4 is 40.6 Å². The molecule has 0 saturated heterocycles. The summed E-state index contributed by atoms with van der Waals surface area (Å²) in [5.41, 5.74) is 2.98. The summed E-state index contributed by atoms with van der Waals surface area (Å²) < 4.78 is 5.91. The predicted octanol–water partition coefficient (Wildman–Crippen LogP) is 7.28. The van der Waals surface area contributed by atoms with Crippen LogP contribution in [0, 0.1) is 0 Å². The van der Waals surface area contributed by atoms with Gasteiger partial charge in [0.25, 0.3) is 0 Å². The minimum atomic E-state index is -1.02. The second-order valence-electron chi connectivity index (χ2n) is 10.1. The second-order valence-corrected chi connectivity index (χ2v) is 10.5. The Kier molecular flexibility index (Phi) is 11.3. The van der Waals surface area contributed by atoms with Crippen molar-refractivity contribution in [3.8, 4) is 5.75 Å². The van der Waals surface area contributed by atoms with Crippen LogP contribution in [0.5, 0.6) is 5.75 Å². The van der Waals surface area contributed by atoms with E-state index >= 15 is 0 Å². The molecule has 0 aliphatic carbocycles. The quantitative estimate of drug-likeness (QED) is 0.110. The number of ketones is 1. The summed E-state index contributed by atoms with van der Waals surface area (Å²) >= 11 is 6.14. The first-order valence-electron chi connectivity index (χ1n) is 14.3. The summed E-state index contributed by atoms with van der Waals surface area (Å²) in [6, 6.07) is 29.4. The van der Waals surface area contributed by atoms with Gasteiger partial charge in [0.15, 0.2) is 5.78 Å². The minimum Gasteiger partial charge on any atom is -0.494 e. The van der Waals surface area contributed by atoms with Crippen molar-refractivity contribution < 1.29 is 24.2 Å². The fraction of sp³-hybridized carbons (Fsp3) is 0.229. The lowest BCUT2D eigenvalue weighted by Crippen LogP contribution is -2.32. The van der Waals surface area contributed by atoms with Crippen molar-refractivity contribution in [3.05, 3.63) is 125 Å². The number of carboxylic acid groups (broad SMARTS) is 1. The molecule has 4 rings (SSSR count). The van der Waals surface area contributed by atoms with Crippen molar-refractivity contribution in [2.75, 3.05) is 23.4 Å². The molecule has 0 fully saturated rings. The van der Waals surface area contributed by atoms with E-state index in [9.17, 15) is 19.5 Å². The zero-order chi connectivity index (χ0) is 30.6. The Balaban J connectivity index is 1.34. The van der Waals surface area contributed by atoms with Crippen LogP contribution >= 0.6 is 11.6 Å². The van der Waals surface area contributed by atoms with Crippen LogP contribution in [-0.2, 0) is 16.0 Å². The number of nitrogens with zero attached hydrogens (tertiary/aromatic N) is 1. The third kappa shape index (κ3) is 8.93. The van der Waals surface area contributed by atoms with Crippen molar-refractivity contribution in [2.24, 2.45) is 0 Å². The van der Waals surface area contributed by atoms with E-state index in [1.54, 1.807) is 77.7 Å². The molecule has 43 heavy (non-hydrogen) atoms. The van der Waals surface area contributed by atoms with Crippen LogP contribution in [-0.4, -0.2) is 42.0 Å². The van der Waals surface area contributed by atoms with E-state index in [4.69, 9.17) is 16.3 Å². The number of nitrogens with one attached hydrogen (secondary N) is 1. The summed E-state index contributed by atoms with van der Waals surface area (Å²) in [7, 11) is 0. The number of aliphatic carboxylic acids is 1. The van der Waals surface area contributed by atoms with Crippen LogP contribution in [0.25, 0.3) is 0 Å². The number of ether oxygens (including phenoxy) is 1. The maximum absolute atomic E-state index is 13.1. The molecule has 7 nitrogen and oxygen atoms in total. The molecule has 1 amide bonds.